The maximum Gasteiger partial charge on any atom is 0.0868 e. The predicted octanol–water partition coefficient (Wildman–Crippen LogP) is -0.485. The number of rotatable bonds is 5. The number of morpholine rings is 1. The molecule has 0 radical (unpaired) electrons. The summed E-state index contributed by atoms with van der Waals surface area (Å²) in [5.74, 6) is 5.65. The lowest BCUT2D eigenvalue weighted by molar-refractivity contribution is -0.0398. The molecule has 2 heterocycles. The van der Waals surface area contributed by atoms with E-state index in [1.807, 2.05) is 24.1 Å². The standard InChI is InChI=1S/C12H23N5O/c1-16-5-6-18-12(9-16)11(15-13)4-3-10-7-14-17(2)8-10/h7-8,11-12,15H,3-6,9,13H2,1-2H3. The monoisotopic (exact) mass is 253 g/mol. The summed E-state index contributed by atoms with van der Waals surface area (Å²) in [4.78, 5) is 2.28. The average molecular weight is 253 g/mol. The molecule has 1 aromatic heterocycles. The summed E-state index contributed by atoms with van der Waals surface area (Å²) in [6.07, 6.45) is 6.04. The first-order valence-corrected chi connectivity index (χ1v) is 6.43. The van der Waals surface area contributed by atoms with Crippen molar-refractivity contribution in [2.45, 2.75) is 25.0 Å². The molecule has 1 saturated heterocycles. The Labute approximate surface area is 108 Å². The van der Waals surface area contributed by atoms with E-state index >= 15 is 0 Å². The van der Waals surface area contributed by atoms with Gasteiger partial charge in [-0.3, -0.25) is 16.0 Å². The van der Waals surface area contributed by atoms with Gasteiger partial charge in [0, 0.05) is 32.4 Å². The second-order valence-corrected chi connectivity index (χ2v) is 5.01. The number of hydrogen-bond donors (Lipinski definition) is 2. The lowest BCUT2D eigenvalue weighted by Gasteiger charge is -2.34. The molecule has 6 nitrogen and oxygen atoms in total. The van der Waals surface area contributed by atoms with E-state index < -0.39 is 0 Å². The number of aromatic nitrogens is 2. The summed E-state index contributed by atoms with van der Waals surface area (Å²) in [5, 5.41) is 4.17. The van der Waals surface area contributed by atoms with Gasteiger partial charge in [-0.05, 0) is 25.5 Å². The zero-order chi connectivity index (χ0) is 13.0. The van der Waals surface area contributed by atoms with Crippen LogP contribution in [0.4, 0.5) is 0 Å². The number of hydrazine groups is 1. The molecule has 3 N–H and O–H groups in total. The summed E-state index contributed by atoms with van der Waals surface area (Å²) >= 11 is 0. The lowest BCUT2D eigenvalue weighted by Crippen LogP contribution is -2.53. The molecule has 1 aromatic rings. The van der Waals surface area contributed by atoms with Crippen molar-refractivity contribution in [2.75, 3.05) is 26.7 Å². The number of aryl methyl sites for hydroxylation is 2. The number of nitrogens with two attached hydrogens (primary N) is 1. The topological polar surface area (TPSA) is 68.3 Å². The third-order valence-electron chi connectivity index (χ3n) is 3.46. The van der Waals surface area contributed by atoms with Gasteiger partial charge in [-0.15, -0.1) is 0 Å². The molecule has 0 saturated carbocycles. The van der Waals surface area contributed by atoms with Crippen LogP contribution in [0.25, 0.3) is 0 Å². The van der Waals surface area contributed by atoms with Gasteiger partial charge in [-0.2, -0.15) is 5.10 Å². The molecular weight excluding hydrogens is 230 g/mol. The van der Waals surface area contributed by atoms with Crippen LogP contribution in [0.1, 0.15) is 12.0 Å². The number of nitrogens with one attached hydrogen (secondary N) is 1. The summed E-state index contributed by atoms with van der Waals surface area (Å²) in [6.45, 7) is 2.71. The Morgan fingerprint density at radius 1 is 1.61 bits per heavy atom. The minimum Gasteiger partial charge on any atom is -0.374 e. The summed E-state index contributed by atoms with van der Waals surface area (Å²) in [6, 6.07) is 0.188. The molecule has 1 aliphatic heterocycles. The van der Waals surface area contributed by atoms with Gasteiger partial charge in [0.05, 0.1) is 18.9 Å². The van der Waals surface area contributed by atoms with Crippen LogP contribution in [-0.2, 0) is 18.2 Å². The van der Waals surface area contributed by atoms with Gasteiger partial charge in [0.25, 0.3) is 0 Å². The van der Waals surface area contributed by atoms with Crippen LogP contribution in [0.3, 0.4) is 0 Å². The van der Waals surface area contributed by atoms with E-state index in [0.717, 1.165) is 32.5 Å². The van der Waals surface area contributed by atoms with E-state index in [2.05, 4.69) is 22.5 Å². The van der Waals surface area contributed by atoms with Crippen molar-refractivity contribution in [2.24, 2.45) is 12.9 Å². The number of likely N-dealkylation sites (N-methyl/N-ethyl adjacent to an activating group) is 1. The van der Waals surface area contributed by atoms with E-state index in [9.17, 15) is 0 Å². The molecule has 0 aliphatic carbocycles. The molecule has 0 aromatic carbocycles. The smallest absolute Gasteiger partial charge is 0.0868 e. The predicted molar refractivity (Wildman–Crippen MR) is 69.9 cm³/mol. The highest BCUT2D eigenvalue weighted by atomic mass is 16.5. The highest BCUT2D eigenvalue weighted by Gasteiger charge is 2.25. The van der Waals surface area contributed by atoms with E-state index in [-0.39, 0.29) is 12.1 Å². The normalized spacial score (nSPS) is 23.2. The molecule has 2 unspecified atom stereocenters. The van der Waals surface area contributed by atoms with Crippen molar-refractivity contribution < 1.29 is 4.74 Å². The highest BCUT2D eigenvalue weighted by molar-refractivity contribution is 5.04. The highest BCUT2D eigenvalue weighted by Crippen LogP contribution is 2.12. The van der Waals surface area contributed by atoms with Crippen molar-refractivity contribution >= 4 is 0 Å². The molecule has 0 bridgehead atoms. The fourth-order valence-electron chi connectivity index (χ4n) is 2.35. The second-order valence-electron chi connectivity index (χ2n) is 5.01. The molecule has 18 heavy (non-hydrogen) atoms. The van der Waals surface area contributed by atoms with Gasteiger partial charge >= 0.3 is 0 Å². The number of nitrogens with zero attached hydrogens (tertiary/aromatic N) is 3. The average Bonchev–Trinajstić information content (AvgIpc) is 2.76. The molecule has 1 aliphatic rings. The maximum absolute atomic E-state index is 5.79. The van der Waals surface area contributed by atoms with Gasteiger partial charge in [0.2, 0.25) is 0 Å². The van der Waals surface area contributed by atoms with Crippen molar-refractivity contribution in [3.63, 3.8) is 0 Å². The molecule has 0 amide bonds. The van der Waals surface area contributed by atoms with E-state index in [4.69, 9.17) is 10.6 Å². The van der Waals surface area contributed by atoms with Crippen LogP contribution < -0.4 is 11.3 Å². The molecule has 1 fully saturated rings. The Bertz CT molecular complexity index is 367. The van der Waals surface area contributed by atoms with Gasteiger partial charge in [-0.25, -0.2) is 0 Å². The van der Waals surface area contributed by atoms with Crippen molar-refractivity contribution in [3.05, 3.63) is 18.0 Å². The van der Waals surface area contributed by atoms with Gasteiger partial charge in [0.1, 0.15) is 0 Å². The summed E-state index contributed by atoms with van der Waals surface area (Å²) < 4.78 is 7.61. The summed E-state index contributed by atoms with van der Waals surface area (Å²) in [5.41, 5.74) is 4.13. The number of hydrogen-bond acceptors (Lipinski definition) is 5. The Hall–Kier alpha value is -0.950. The number of ether oxygens (including phenoxy) is 1. The van der Waals surface area contributed by atoms with Crippen molar-refractivity contribution in [3.8, 4) is 0 Å². The largest absolute Gasteiger partial charge is 0.374 e. The Morgan fingerprint density at radius 3 is 3.06 bits per heavy atom. The molecule has 6 heteroatoms. The van der Waals surface area contributed by atoms with Crippen LogP contribution in [0.5, 0.6) is 0 Å². The minimum atomic E-state index is 0.172. The lowest BCUT2D eigenvalue weighted by atomic mass is 10.0. The van der Waals surface area contributed by atoms with Crippen molar-refractivity contribution in [1.82, 2.24) is 20.1 Å². The van der Waals surface area contributed by atoms with E-state index in [0.29, 0.717) is 0 Å². The molecule has 2 atom stereocenters. The third kappa shape index (κ3) is 3.52. The maximum atomic E-state index is 5.79. The van der Waals surface area contributed by atoms with Gasteiger partial charge < -0.3 is 9.64 Å². The SMILES string of the molecule is CN1CCOC(C(CCc2cnn(C)c2)NN)C1. The van der Waals surface area contributed by atoms with Crippen LogP contribution in [0, 0.1) is 0 Å². The second kappa shape index (κ2) is 6.29. The summed E-state index contributed by atoms with van der Waals surface area (Å²) in [7, 11) is 4.05. The quantitative estimate of drug-likeness (QED) is 0.548. The fourth-order valence-corrected chi connectivity index (χ4v) is 2.35. The fraction of sp³-hybridized carbons (Fsp3) is 0.750. The van der Waals surface area contributed by atoms with E-state index in [1.165, 1.54) is 5.56 Å². The zero-order valence-electron chi connectivity index (χ0n) is 11.2. The minimum absolute atomic E-state index is 0.172. The Morgan fingerprint density at radius 2 is 2.44 bits per heavy atom. The van der Waals surface area contributed by atoms with Gasteiger partial charge in [-0.1, -0.05) is 0 Å². The first-order chi connectivity index (χ1) is 8.69. The molecule has 102 valence electrons. The first kappa shape index (κ1) is 13.5. The Balaban J connectivity index is 1.84. The zero-order valence-corrected chi connectivity index (χ0v) is 11.2. The molecule has 2 rings (SSSR count). The molecular formula is C12H23N5O. The third-order valence-corrected chi connectivity index (χ3v) is 3.46. The van der Waals surface area contributed by atoms with Gasteiger partial charge in [0.15, 0.2) is 0 Å². The first-order valence-electron chi connectivity index (χ1n) is 6.43. The van der Waals surface area contributed by atoms with Crippen molar-refractivity contribution in [1.29, 1.82) is 0 Å². The van der Waals surface area contributed by atoms with Crippen LogP contribution in [0.15, 0.2) is 12.4 Å². The van der Waals surface area contributed by atoms with Crippen LogP contribution >= 0.6 is 0 Å². The van der Waals surface area contributed by atoms with Crippen LogP contribution in [0.2, 0.25) is 0 Å². The van der Waals surface area contributed by atoms with Crippen LogP contribution in [-0.4, -0.2) is 53.6 Å². The van der Waals surface area contributed by atoms with E-state index in [1.54, 1.807) is 0 Å². The molecule has 0 spiro atoms. The Kier molecular flexibility index (Phi) is 4.71.